The van der Waals surface area contributed by atoms with E-state index in [0.29, 0.717) is 50.1 Å². The lowest BCUT2D eigenvalue weighted by molar-refractivity contribution is -0.162. The van der Waals surface area contributed by atoms with E-state index in [0.717, 1.165) is 11.1 Å². The number of carbonyl (C=O) groups is 6. The van der Waals surface area contributed by atoms with Crippen molar-refractivity contribution in [2.45, 2.75) is 164 Å². The molecule has 2 unspecified atom stereocenters. The van der Waals surface area contributed by atoms with Crippen LogP contribution in [0.15, 0.2) is 48.6 Å². The van der Waals surface area contributed by atoms with Crippen molar-refractivity contribution in [2.24, 2.45) is 17.6 Å². The third-order valence-corrected chi connectivity index (χ3v) is 19.3. The number of nitrogens with two attached hydrogens (primary N) is 1. The number of alkyl carbamates (subject to hydrolysis) is 1. The summed E-state index contributed by atoms with van der Waals surface area (Å²) in [6.07, 6.45) is 3.29. The number of Topliss-reactive ketones (excluding diaryl/α,β-unsaturated/α-hetero) is 1. The summed E-state index contributed by atoms with van der Waals surface area (Å²) in [7, 11) is 3.60. The molecule has 77 heavy (non-hydrogen) atoms. The van der Waals surface area contributed by atoms with E-state index in [2.05, 4.69) is 22.7 Å². The number of halogens is 1. The van der Waals surface area contributed by atoms with Gasteiger partial charge in [0.15, 0.2) is 16.8 Å². The fourth-order valence-electron chi connectivity index (χ4n) is 9.07. The van der Waals surface area contributed by atoms with Crippen LogP contribution in [0.3, 0.4) is 0 Å². The molecule has 21 nitrogen and oxygen atoms in total. The molecule has 0 radical (unpaired) electrons. The Balaban J connectivity index is 1.47. The van der Waals surface area contributed by atoms with Gasteiger partial charge in [-0.3, -0.25) is 34.5 Å². The van der Waals surface area contributed by atoms with Crippen LogP contribution in [0, 0.1) is 11.8 Å². The van der Waals surface area contributed by atoms with Gasteiger partial charge in [0.1, 0.15) is 40.7 Å². The summed E-state index contributed by atoms with van der Waals surface area (Å²) in [5.41, 5.74) is 9.30. The standard InChI is InChI=1S/C52H79ClN6O15S3/c1-13-31(3)45(62)35(18-14-15-23-54)56-57-47(63)39(77(67,68)69)21-24-75-76-50(6,7)22-20-42(60)58(9)33(5)48(64)73-41-28-43(61)59(10)36-26-34(27-37(70-11)44(36)53)25-30(2)17-16-19-40(71-12)52(66)29-38(72-49(65)55-52)32(4)46-51(41,8)74-46/h13,16-17,19,26-27,31-33,35,38-41,46,56,66H,1,14-15,18,20-25,28-29,54H2,2-12H3,(H,55,65)(H,57,63)(H,67,68,69)/b19-16+,30-17+/t31?,32-,33+,35+,38+,39?,40-,41+,46+,51+,52+/m1/s1. The summed E-state index contributed by atoms with van der Waals surface area (Å²) < 4.78 is 63.6. The first kappa shape index (κ1) is 65.3. The minimum atomic E-state index is -4.85. The first-order valence-electron chi connectivity index (χ1n) is 25.5. The highest BCUT2D eigenvalue weighted by Crippen LogP contribution is 2.49. The van der Waals surface area contributed by atoms with Crippen LogP contribution >= 0.6 is 33.2 Å². The maximum atomic E-state index is 14.4. The molecule has 3 heterocycles. The second-order valence-electron chi connectivity index (χ2n) is 20.8. The monoisotopic (exact) mass is 1160 g/mol. The molecule has 3 aliphatic heterocycles. The molecule has 4 rings (SSSR count). The van der Waals surface area contributed by atoms with E-state index in [4.69, 9.17) is 41.0 Å². The number of nitrogens with one attached hydrogen (secondary N) is 3. The van der Waals surface area contributed by atoms with E-state index in [1.807, 2.05) is 26.8 Å². The minimum Gasteiger partial charge on any atom is -0.495 e. The number of aliphatic hydroxyl groups is 1. The number of rotatable bonds is 24. The normalized spacial score (nSPS) is 26.7. The van der Waals surface area contributed by atoms with Gasteiger partial charge in [-0.2, -0.15) is 8.42 Å². The van der Waals surface area contributed by atoms with Crippen LogP contribution in [0.4, 0.5) is 10.5 Å². The van der Waals surface area contributed by atoms with E-state index >= 15 is 0 Å². The number of likely N-dealkylation sites (N-methyl/N-ethyl adjacent to an activating group) is 1. The largest absolute Gasteiger partial charge is 0.495 e. The first-order chi connectivity index (χ1) is 36.0. The first-order valence-corrected chi connectivity index (χ1v) is 29.7. The van der Waals surface area contributed by atoms with Crippen molar-refractivity contribution in [1.82, 2.24) is 21.1 Å². The van der Waals surface area contributed by atoms with E-state index in [1.165, 1.54) is 72.7 Å². The van der Waals surface area contributed by atoms with E-state index in [-0.39, 0.29) is 35.8 Å². The number of amides is 4. The van der Waals surface area contributed by atoms with Crippen molar-refractivity contribution in [1.29, 1.82) is 0 Å². The number of ether oxygens (including phenoxy) is 5. The molecule has 0 aliphatic carbocycles. The SMILES string of the molecule is C=CC(C)C(=O)[C@H](CCCCN)NNC(=O)C(CCSSC(C)(C)CCC(=O)N(C)[C@@H](C)C(=O)O[C@H]1CC(=O)N(C)c2cc(cc(OC)c2Cl)C/C(C)=C/C=C/[C@@H](OC)[C@@]2(O)C[C@H](OC(=O)N2)[C@@H](C)[C@@H]2O[C@@]12C)S(=O)(=O)O. The molecule has 0 aromatic heterocycles. The van der Waals surface area contributed by atoms with Gasteiger partial charge < -0.3 is 44.3 Å². The molecule has 0 spiro atoms. The van der Waals surface area contributed by atoms with Gasteiger partial charge in [-0.15, -0.1) is 6.58 Å². The van der Waals surface area contributed by atoms with E-state index in [1.54, 1.807) is 45.1 Å². The van der Waals surface area contributed by atoms with Crippen LogP contribution in [-0.4, -0.2) is 157 Å². The number of esters is 1. The molecule has 1 aromatic carbocycles. The third-order valence-electron chi connectivity index (χ3n) is 14.3. The summed E-state index contributed by atoms with van der Waals surface area (Å²) in [6.45, 7) is 16.3. The fraction of sp³-hybridized carbons (Fsp3) is 0.654. The molecule has 25 heteroatoms. The summed E-state index contributed by atoms with van der Waals surface area (Å²) in [4.78, 5) is 83.9. The van der Waals surface area contributed by atoms with Crippen LogP contribution in [-0.2, 0) is 59.5 Å². The molecule has 4 bridgehead atoms. The van der Waals surface area contributed by atoms with Crippen LogP contribution in [0.2, 0.25) is 5.02 Å². The number of hydrazine groups is 1. The molecule has 11 atom stereocenters. The molecular formula is C52H79ClN6O15S3. The molecule has 1 aromatic rings. The predicted molar refractivity (Wildman–Crippen MR) is 297 cm³/mol. The maximum Gasteiger partial charge on any atom is 0.409 e. The van der Waals surface area contributed by atoms with E-state index in [9.17, 15) is 46.8 Å². The van der Waals surface area contributed by atoms with Crippen molar-refractivity contribution < 1.29 is 70.5 Å². The number of hydrogen-bond donors (Lipinski definition) is 6. The second kappa shape index (κ2) is 28.3. The number of fused-ring (bicyclic) bond motifs is 5. The molecule has 0 saturated carbocycles. The number of hydrogen-bond acceptors (Lipinski definition) is 18. The minimum absolute atomic E-state index is 0.0151. The van der Waals surface area contributed by atoms with Crippen LogP contribution in [0.1, 0.15) is 105 Å². The van der Waals surface area contributed by atoms with Crippen LogP contribution < -0.4 is 31.5 Å². The Kier molecular flexibility index (Phi) is 24.0. The van der Waals surface area contributed by atoms with Gasteiger partial charge in [0.2, 0.25) is 11.8 Å². The maximum absolute atomic E-state index is 14.4. The highest BCUT2D eigenvalue weighted by Gasteiger charge is 2.64. The lowest BCUT2D eigenvalue weighted by Crippen LogP contribution is -2.63. The zero-order valence-corrected chi connectivity index (χ0v) is 49.1. The van der Waals surface area contributed by atoms with Gasteiger partial charge in [0.05, 0.1) is 31.4 Å². The number of epoxide rings is 1. The van der Waals surface area contributed by atoms with Crippen LogP contribution in [0.25, 0.3) is 0 Å². The molecular weight excluding hydrogens is 1080 g/mol. The van der Waals surface area contributed by atoms with Crippen molar-refractivity contribution in [3.8, 4) is 5.75 Å². The Hall–Kier alpha value is -4.24. The Morgan fingerprint density at radius 3 is 2.48 bits per heavy atom. The number of methoxy groups -OCH3 is 2. The molecule has 432 valence electrons. The number of allylic oxidation sites excluding steroid dienone is 4. The number of benzene rings is 1. The van der Waals surface area contributed by atoms with Gasteiger partial charge in [-0.1, -0.05) is 83.3 Å². The summed E-state index contributed by atoms with van der Waals surface area (Å²) in [5, 5.41) is 12.7. The van der Waals surface area contributed by atoms with Gasteiger partial charge in [0.25, 0.3) is 16.0 Å². The lowest BCUT2D eigenvalue weighted by atomic mass is 9.83. The molecule has 2 fully saturated rings. The fourth-order valence-corrected chi connectivity index (χ4v) is 12.9. The predicted octanol–water partition coefficient (Wildman–Crippen LogP) is 5.61. The third kappa shape index (κ3) is 17.6. The summed E-state index contributed by atoms with van der Waals surface area (Å²) >= 11 is 6.82. The Labute approximate surface area is 466 Å². The highest BCUT2D eigenvalue weighted by molar-refractivity contribution is 8.77. The zero-order chi connectivity index (χ0) is 57.8. The van der Waals surface area contributed by atoms with Crippen molar-refractivity contribution in [3.63, 3.8) is 0 Å². The van der Waals surface area contributed by atoms with Gasteiger partial charge in [-0.05, 0) is 91.0 Å². The van der Waals surface area contributed by atoms with Gasteiger partial charge in [-0.25, -0.2) is 15.0 Å². The summed E-state index contributed by atoms with van der Waals surface area (Å²) in [5.74, 6) is -3.74. The molecule has 4 amide bonds. The number of anilines is 1. The second-order valence-corrected chi connectivity index (χ2v) is 25.9. The Morgan fingerprint density at radius 2 is 1.86 bits per heavy atom. The van der Waals surface area contributed by atoms with Crippen molar-refractivity contribution in [3.05, 3.63) is 59.2 Å². The Bertz CT molecular complexity index is 2480. The quantitative estimate of drug-likeness (QED) is 0.0139. The molecule has 7 N–H and O–H groups in total. The van der Waals surface area contributed by atoms with Crippen molar-refractivity contribution in [2.75, 3.05) is 45.5 Å². The Morgan fingerprint density at radius 1 is 1.17 bits per heavy atom. The number of ketones is 1. The highest BCUT2D eigenvalue weighted by atomic mass is 35.5. The zero-order valence-electron chi connectivity index (χ0n) is 45.9. The van der Waals surface area contributed by atoms with Gasteiger partial charge >= 0.3 is 12.1 Å². The lowest BCUT2D eigenvalue weighted by Gasteiger charge is -2.42. The van der Waals surface area contributed by atoms with Crippen molar-refractivity contribution >= 4 is 84.6 Å². The molecule has 2 saturated heterocycles. The number of nitrogens with zero attached hydrogens (tertiary/aromatic N) is 2. The van der Waals surface area contributed by atoms with E-state index < -0.39 is 116 Å². The number of unbranched alkanes of at least 4 members (excludes halogenated alkanes) is 1. The number of carbonyl (C=O) groups excluding carboxylic acids is 6. The van der Waals surface area contributed by atoms with Gasteiger partial charge in [0, 0.05) is 56.4 Å². The molecule has 3 aliphatic rings. The average molecular weight is 1160 g/mol. The average Bonchev–Trinajstić information content (AvgIpc) is 4.09. The summed E-state index contributed by atoms with van der Waals surface area (Å²) in [6, 6.07) is 1.53. The van der Waals surface area contributed by atoms with Crippen LogP contribution in [0.5, 0.6) is 5.75 Å². The topological polar surface area (TPSA) is 295 Å². The smallest absolute Gasteiger partial charge is 0.409 e.